The fourth-order valence-corrected chi connectivity index (χ4v) is 0.972. The van der Waals surface area contributed by atoms with Gasteiger partial charge in [-0.2, -0.15) is 0 Å². The molecule has 0 aliphatic carbocycles. The lowest BCUT2D eigenvalue weighted by Crippen LogP contribution is -2.12. The van der Waals surface area contributed by atoms with Crippen LogP contribution in [0.1, 0.15) is 24.6 Å². The van der Waals surface area contributed by atoms with Gasteiger partial charge in [-0.1, -0.05) is 0 Å². The van der Waals surface area contributed by atoms with Gasteiger partial charge in [-0.15, -0.1) is 0 Å². The Kier molecular flexibility index (Phi) is 3.91. The maximum absolute atomic E-state index is 10.7. The van der Waals surface area contributed by atoms with E-state index >= 15 is 0 Å². The third kappa shape index (κ3) is 3.46. The predicted octanol–water partition coefficient (Wildman–Crippen LogP) is 1.32. The van der Waals surface area contributed by atoms with Crippen molar-refractivity contribution in [2.75, 3.05) is 7.11 Å². The summed E-state index contributed by atoms with van der Waals surface area (Å²) in [6.07, 6.45) is 4.46. The second kappa shape index (κ2) is 5.19. The molecule has 82 valence electrons. The number of methoxy groups -OCH3 is 1. The van der Waals surface area contributed by atoms with Crippen LogP contribution in [0.2, 0.25) is 0 Å². The van der Waals surface area contributed by atoms with Gasteiger partial charge in [0.25, 0.3) is 0 Å². The highest BCUT2D eigenvalue weighted by Crippen LogP contribution is 2.11. The van der Waals surface area contributed by atoms with Crippen LogP contribution in [0, 0.1) is 6.92 Å². The Morgan fingerprint density at radius 2 is 2.47 bits per heavy atom. The summed E-state index contributed by atoms with van der Waals surface area (Å²) in [4.78, 5) is 14.8. The zero-order chi connectivity index (χ0) is 11.3. The lowest BCUT2D eigenvalue weighted by Gasteiger charge is -2.06. The van der Waals surface area contributed by atoms with Crippen molar-refractivity contribution >= 4 is 5.97 Å². The molecule has 5 nitrogen and oxygen atoms in total. The summed E-state index contributed by atoms with van der Waals surface area (Å²) < 4.78 is 9.74. The maximum atomic E-state index is 10.7. The first kappa shape index (κ1) is 11.3. The Hall–Kier alpha value is -1.78. The number of nitrogens with one attached hydrogen (secondary N) is 1. The summed E-state index contributed by atoms with van der Waals surface area (Å²) in [6.45, 7) is 3.71. The Balaban J connectivity index is 2.46. The minimum absolute atomic E-state index is 0.0837. The summed E-state index contributed by atoms with van der Waals surface area (Å²) >= 11 is 0. The Morgan fingerprint density at radius 3 is 3.00 bits per heavy atom. The van der Waals surface area contributed by atoms with E-state index in [1.807, 2.05) is 13.8 Å². The van der Waals surface area contributed by atoms with Crippen LogP contribution < -0.4 is 5.32 Å². The van der Waals surface area contributed by atoms with Gasteiger partial charge in [-0.25, -0.2) is 9.78 Å². The molecule has 0 amide bonds. The zero-order valence-corrected chi connectivity index (χ0v) is 8.98. The standard InChI is InChI=1S/C10H14N2O3/c1-7-6-12-10(15-7)8(2)11-5-4-9(13)14-3/h4-6,8,11H,1-3H3/b5-4+. The summed E-state index contributed by atoms with van der Waals surface area (Å²) in [5.74, 6) is 0.941. The summed E-state index contributed by atoms with van der Waals surface area (Å²) in [6, 6.07) is -0.0837. The molecule has 0 bridgehead atoms. The van der Waals surface area contributed by atoms with E-state index in [0.717, 1.165) is 5.76 Å². The number of aryl methyl sites for hydroxylation is 1. The van der Waals surface area contributed by atoms with Crippen molar-refractivity contribution in [3.63, 3.8) is 0 Å². The Bertz CT molecular complexity index is 357. The SMILES string of the molecule is COC(=O)/C=C/NC(C)c1ncc(C)o1. The van der Waals surface area contributed by atoms with Crippen molar-refractivity contribution in [2.24, 2.45) is 0 Å². The molecule has 0 aromatic carbocycles. The van der Waals surface area contributed by atoms with Gasteiger partial charge in [-0.3, -0.25) is 0 Å². The van der Waals surface area contributed by atoms with Gasteiger partial charge >= 0.3 is 5.97 Å². The summed E-state index contributed by atoms with van der Waals surface area (Å²) in [5.41, 5.74) is 0. The molecule has 1 unspecified atom stereocenters. The van der Waals surface area contributed by atoms with E-state index in [2.05, 4.69) is 15.0 Å². The number of rotatable bonds is 4. The number of oxazole rings is 1. The van der Waals surface area contributed by atoms with Gasteiger partial charge in [0.1, 0.15) is 5.76 Å². The molecule has 1 rings (SSSR count). The van der Waals surface area contributed by atoms with Gasteiger partial charge in [-0.05, 0) is 13.8 Å². The van der Waals surface area contributed by atoms with Gasteiger partial charge in [0.05, 0.1) is 19.3 Å². The number of carbonyl (C=O) groups excluding carboxylic acids is 1. The van der Waals surface area contributed by atoms with Crippen molar-refractivity contribution in [3.8, 4) is 0 Å². The number of aromatic nitrogens is 1. The molecule has 0 fully saturated rings. The average molecular weight is 210 g/mol. The first-order chi connectivity index (χ1) is 7.13. The molecule has 1 aromatic heterocycles. The molecule has 0 aliphatic heterocycles. The summed E-state index contributed by atoms with van der Waals surface area (Å²) in [7, 11) is 1.33. The van der Waals surface area contributed by atoms with E-state index in [1.165, 1.54) is 19.4 Å². The highest BCUT2D eigenvalue weighted by Gasteiger charge is 2.08. The molecule has 1 atom stereocenters. The van der Waals surface area contributed by atoms with Crippen molar-refractivity contribution in [1.29, 1.82) is 0 Å². The smallest absolute Gasteiger partial charge is 0.331 e. The van der Waals surface area contributed by atoms with Crippen LogP contribution >= 0.6 is 0 Å². The third-order valence-corrected chi connectivity index (χ3v) is 1.78. The van der Waals surface area contributed by atoms with Crippen molar-refractivity contribution < 1.29 is 13.9 Å². The van der Waals surface area contributed by atoms with Crippen LogP contribution in [0.25, 0.3) is 0 Å². The number of hydrogen-bond acceptors (Lipinski definition) is 5. The largest absolute Gasteiger partial charge is 0.466 e. The topological polar surface area (TPSA) is 64.4 Å². The van der Waals surface area contributed by atoms with Crippen LogP contribution in [0.4, 0.5) is 0 Å². The number of hydrogen-bond donors (Lipinski definition) is 1. The van der Waals surface area contributed by atoms with Crippen LogP contribution in [0.5, 0.6) is 0 Å². The van der Waals surface area contributed by atoms with Crippen LogP contribution in [-0.2, 0) is 9.53 Å². The molecular formula is C10H14N2O3. The molecule has 0 spiro atoms. The van der Waals surface area contributed by atoms with E-state index in [0.29, 0.717) is 5.89 Å². The highest BCUT2D eigenvalue weighted by molar-refractivity contribution is 5.81. The monoisotopic (exact) mass is 210 g/mol. The van der Waals surface area contributed by atoms with E-state index in [-0.39, 0.29) is 6.04 Å². The zero-order valence-electron chi connectivity index (χ0n) is 8.98. The van der Waals surface area contributed by atoms with Crippen molar-refractivity contribution in [1.82, 2.24) is 10.3 Å². The van der Waals surface area contributed by atoms with Crippen LogP contribution in [0.15, 0.2) is 22.9 Å². The normalized spacial score (nSPS) is 12.7. The van der Waals surface area contributed by atoms with Gasteiger partial charge < -0.3 is 14.5 Å². The number of nitrogens with zero attached hydrogens (tertiary/aromatic N) is 1. The molecule has 1 aromatic rings. The Labute approximate surface area is 88.1 Å². The lowest BCUT2D eigenvalue weighted by molar-refractivity contribution is -0.134. The lowest BCUT2D eigenvalue weighted by atomic mass is 10.3. The molecule has 1 heterocycles. The minimum atomic E-state index is -0.404. The number of ether oxygens (including phenoxy) is 1. The second-order valence-corrected chi connectivity index (χ2v) is 3.05. The fourth-order valence-electron chi connectivity index (χ4n) is 0.972. The third-order valence-electron chi connectivity index (χ3n) is 1.78. The molecule has 15 heavy (non-hydrogen) atoms. The van der Waals surface area contributed by atoms with Crippen molar-refractivity contribution in [3.05, 3.63) is 30.1 Å². The molecule has 0 saturated carbocycles. The van der Waals surface area contributed by atoms with Gasteiger partial charge in [0, 0.05) is 12.3 Å². The molecular weight excluding hydrogens is 196 g/mol. The van der Waals surface area contributed by atoms with E-state index < -0.39 is 5.97 Å². The first-order valence-corrected chi connectivity index (χ1v) is 4.56. The number of esters is 1. The first-order valence-electron chi connectivity index (χ1n) is 4.56. The van der Waals surface area contributed by atoms with E-state index in [1.54, 1.807) is 6.20 Å². The molecule has 5 heteroatoms. The summed E-state index contributed by atoms with van der Waals surface area (Å²) in [5, 5.41) is 2.94. The highest BCUT2D eigenvalue weighted by atomic mass is 16.5. The van der Waals surface area contributed by atoms with Crippen LogP contribution in [0.3, 0.4) is 0 Å². The molecule has 0 saturated heterocycles. The quantitative estimate of drug-likeness (QED) is 0.599. The number of carbonyl (C=O) groups is 1. The molecule has 0 radical (unpaired) electrons. The van der Waals surface area contributed by atoms with Gasteiger partial charge in [0.15, 0.2) is 0 Å². The maximum Gasteiger partial charge on any atom is 0.331 e. The van der Waals surface area contributed by atoms with Gasteiger partial charge in [0.2, 0.25) is 5.89 Å². The molecule has 1 N–H and O–H groups in total. The predicted molar refractivity (Wildman–Crippen MR) is 53.9 cm³/mol. The minimum Gasteiger partial charge on any atom is -0.466 e. The Morgan fingerprint density at radius 1 is 1.73 bits per heavy atom. The molecule has 0 aliphatic rings. The fraction of sp³-hybridized carbons (Fsp3) is 0.400. The van der Waals surface area contributed by atoms with E-state index in [9.17, 15) is 4.79 Å². The average Bonchev–Trinajstić information content (AvgIpc) is 2.64. The van der Waals surface area contributed by atoms with Crippen LogP contribution in [-0.4, -0.2) is 18.1 Å². The van der Waals surface area contributed by atoms with E-state index in [4.69, 9.17) is 4.42 Å². The van der Waals surface area contributed by atoms with Crippen molar-refractivity contribution in [2.45, 2.75) is 19.9 Å². The second-order valence-electron chi connectivity index (χ2n) is 3.05.